The number of halogens is 1. The van der Waals surface area contributed by atoms with Crippen LogP contribution >= 0.6 is 11.8 Å². The van der Waals surface area contributed by atoms with Gasteiger partial charge in [0.1, 0.15) is 5.82 Å². The van der Waals surface area contributed by atoms with Gasteiger partial charge < -0.3 is 0 Å². The van der Waals surface area contributed by atoms with Crippen molar-refractivity contribution in [3.63, 3.8) is 0 Å². The van der Waals surface area contributed by atoms with Crippen LogP contribution in [0.1, 0.15) is 5.69 Å². The van der Waals surface area contributed by atoms with Gasteiger partial charge in [0.05, 0.1) is 11.9 Å². The highest BCUT2D eigenvalue weighted by Crippen LogP contribution is 2.20. The van der Waals surface area contributed by atoms with Gasteiger partial charge in [-0.2, -0.15) is 0 Å². The summed E-state index contributed by atoms with van der Waals surface area (Å²) in [6.07, 6.45) is 4.74. The fraction of sp³-hybridized carbons (Fsp3) is 0.0909. The number of pyridine rings is 2. The van der Waals surface area contributed by atoms with E-state index < -0.39 is 0 Å². The van der Waals surface area contributed by atoms with Gasteiger partial charge in [-0.05, 0) is 24.3 Å². The van der Waals surface area contributed by atoms with Crippen LogP contribution in [0.2, 0.25) is 0 Å². The van der Waals surface area contributed by atoms with E-state index in [1.165, 1.54) is 12.3 Å². The molecule has 0 saturated carbocycles. The monoisotopic (exact) mass is 220 g/mol. The van der Waals surface area contributed by atoms with E-state index in [2.05, 4.69) is 9.97 Å². The van der Waals surface area contributed by atoms with Crippen molar-refractivity contribution in [3.8, 4) is 0 Å². The molecule has 0 fully saturated rings. The van der Waals surface area contributed by atoms with Crippen molar-refractivity contribution in [2.45, 2.75) is 10.6 Å². The first-order valence-corrected chi connectivity index (χ1v) is 5.46. The van der Waals surface area contributed by atoms with Crippen molar-refractivity contribution in [2.75, 3.05) is 0 Å². The fourth-order valence-corrected chi connectivity index (χ4v) is 1.88. The zero-order chi connectivity index (χ0) is 10.5. The Hall–Kier alpha value is -1.42. The molecular weight excluding hydrogens is 211 g/mol. The van der Waals surface area contributed by atoms with Crippen LogP contribution in [-0.4, -0.2) is 9.97 Å². The molecule has 0 unspecified atom stereocenters. The van der Waals surface area contributed by atoms with Crippen LogP contribution < -0.4 is 0 Å². The highest BCUT2D eigenvalue weighted by Gasteiger charge is 1.97. The minimum atomic E-state index is -0.298. The van der Waals surface area contributed by atoms with Crippen LogP contribution in [0.5, 0.6) is 0 Å². The lowest BCUT2D eigenvalue weighted by molar-refractivity contribution is 0.620. The Balaban J connectivity index is 1.96. The maximum Gasteiger partial charge on any atom is 0.141 e. The van der Waals surface area contributed by atoms with Crippen molar-refractivity contribution >= 4 is 11.8 Å². The summed E-state index contributed by atoms with van der Waals surface area (Å²) >= 11 is 1.65. The molecule has 0 aromatic carbocycles. The van der Waals surface area contributed by atoms with Gasteiger partial charge in [-0.1, -0.05) is 0 Å². The molecule has 0 aliphatic heterocycles. The maximum atomic E-state index is 12.6. The predicted octanol–water partition coefficient (Wildman–Crippen LogP) is 2.91. The molecule has 76 valence electrons. The summed E-state index contributed by atoms with van der Waals surface area (Å²) in [4.78, 5) is 9.05. The first-order valence-electron chi connectivity index (χ1n) is 4.48. The van der Waals surface area contributed by atoms with Crippen molar-refractivity contribution in [3.05, 3.63) is 54.4 Å². The topological polar surface area (TPSA) is 25.8 Å². The lowest BCUT2D eigenvalue weighted by Gasteiger charge is -2.00. The van der Waals surface area contributed by atoms with E-state index in [1.807, 2.05) is 12.1 Å². The van der Waals surface area contributed by atoms with Crippen LogP contribution in [0.3, 0.4) is 0 Å². The van der Waals surface area contributed by atoms with Crippen molar-refractivity contribution in [1.29, 1.82) is 0 Å². The van der Waals surface area contributed by atoms with Crippen molar-refractivity contribution < 1.29 is 4.39 Å². The summed E-state index contributed by atoms with van der Waals surface area (Å²) in [5, 5.41) is 0. The summed E-state index contributed by atoms with van der Waals surface area (Å²) in [6.45, 7) is 0. The summed E-state index contributed by atoms with van der Waals surface area (Å²) < 4.78 is 12.6. The molecule has 0 atom stereocenters. The first-order chi connectivity index (χ1) is 7.34. The summed E-state index contributed by atoms with van der Waals surface area (Å²) in [6, 6.07) is 7.00. The average molecular weight is 220 g/mol. The largest absolute Gasteiger partial charge is 0.265 e. The van der Waals surface area contributed by atoms with Gasteiger partial charge in [0, 0.05) is 23.0 Å². The molecule has 0 saturated heterocycles. The Labute approximate surface area is 91.6 Å². The smallest absolute Gasteiger partial charge is 0.141 e. The van der Waals surface area contributed by atoms with E-state index >= 15 is 0 Å². The van der Waals surface area contributed by atoms with E-state index in [4.69, 9.17) is 0 Å². The first kappa shape index (κ1) is 10.1. The third-order valence-corrected chi connectivity index (χ3v) is 2.87. The summed E-state index contributed by atoms with van der Waals surface area (Å²) in [5.41, 5.74) is 0.873. The van der Waals surface area contributed by atoms with Gasteiger partial charge in [0.25, 0.3) is 0 Å². The standard InChI is InChI=1S/C11H9FN2S/c12-9-1-2-10(14-7-9)8-15-11-3-5-13-6-4-11/h1-7H,8H2. The third kappa shape index (κ3) is 3.02. The molecule has 0 aliphatic carbocycles. The normalized spacial score (nSPS) is 10.2. The average Bonchev–Trinajstić information content (AvgIpc) is 2.30. The molecule has 0 aliphatic rings. The summed E-state index contributed by atoms with van der Waals surface area (Å²) in [7, 11) is 0. The molecule has 0 radical (unpaired) electrons. The summed E-state index contributed by atoms with van der Waals surface area (Å²) in [5.74, 6) is 0.442. The molecule has 2 nitrogen and oxygen atoms in total. The second kappa shape index (κ2) is 4.89. The molecule has 0 N–H and O–H groups in total. The molecular formula is C11H9FN2S. The highest BCUT2D eigenvalue weighted by atomic mass is 32.2. The Morgan fingerprint density at radius 2 is 1.93 bits per heavy atom. The van der Waals surface area contributed by atoms with Gasteiger partial charge in [0.2, 0.25) is 0 Å². The molecule has 15 heavy (non-hydrogen) atoms. The highest BCUT2D eigenvalue weighted by molar-refractivity contribution is 7.98. The van der Waals surface area contributed by atoms with Gasteiger partial charge >= 0.3 is 0 Å². The second-order valence-electron chi connectivity index (χ2n) is 2.94. The quantitative estimate of drug-likeness (QED) is 0.744. The SMILES string of the molecule is Fc1ccc(CSc2ccncc2)nc1. The second-order valence-corrected chi connectivity index (χ2v) is 3.99. The van der Waals surface area contributed by atoms with Crippen LogP contribution in [0.25, 0.3) is 0 Å². The number of hydrogen-bond donors (Lipinski definition) is 0. The van der Waals surface area contributed by atoms with Crippen molar-refractivity contribution in [1.82, 2.24) is 9.97 Å². The zero-order valence-corrected chi connectivity index (χ0v) is 8.75. The molecule has 2 heterocycles. The van der Waals surface area contributed by atoms with Gasteiger partial charge in [-0.15, -0.1) is 11.8 Å². The van der Waals surface area contributed by atoms with E-state index in [0.29, 0.717) is 0 Å². The Morgan fingerprint density at radius 3 is 2.60 bits per heavy atom. The van der Waals surface area contributed by atoms with Crippen LogP contribution in [0, 0.1) is 5.82 Å². The Morgan fingerprint density at radius 1 is 1.13 bits per heavy atom. The minimum absolute atomic E-state index is 0.298. The Kier molecular flexibility index (Phi) is 3.29. The minimum Gasteiger partial charge on any atom is -0.265 e. The number of aromatic nitrogens is 2. The van der Waals surface area contributed by atoms with Gasteiger partial charge in [0.15, 0.2) is 0 Å². The van der Waals surface area contributed by atoms with E-state index in [9.17, 15) is 4.39 Å². The fourth-order valence-electron chi connectivity index (χ4n) is 1.08. The molecule has 0 spiro atoms. The molecule has 2 rings (SSSR count). The van der Waals surface area contributed by atoms with Crippen molar-refractivity contribution in [2.24, 2.45) is 0 Å². The number of thioether (sulfide) groups is 1. The lowest BCUT2D eigenvalue weighted by Crippen LogP contribution is -1.87. The van der Waals surface area contributed by atoms with E-state index in [1.54, 1.807) is 30.2 Å². The number of nitrogens with zero attached hydrogens (tertiary/aromatic N) is 2. The molecule has 0 amide bonds. The molecule has 0 bridgehead atoms. The molecule has 2 aromatic rings. The van der Waals surface area contributed by atoms with E-state index in [-0.39, 0.29) is 5.82 Å². The zero-order valence-electron chi connectivity index (χ0n) is 7.93. The third-order valence-electron chi connectivity index (χ3n) is 1.83. The Bertz CT molecular complexity index is 416. The van der Waals surface area contributed by atoms with Crippen LogP contribution in [0.4, 0.5) is 4.39 Å². The molecule has 2 aromatic heterocycles. The van der Waals surface area contributed by atoms with Crippen LogP contribution in [-0.2, 0) is 5.75 Å². The lowest BCUT2D eigenvalue weighted by atomic mass is 10.4. The molecule has 4 heteroatoms. The van der Waals surface area contributed by atoms with E-state index in [0.717, 1.165) is 16.3 Å². The van der Waals surface area contributed by atoms with Gasteiger partial charge in [-0.25, -0.2) is 4.39 Å². The predicted molar refractivity (Wildman–Crippen MR) is 58.0 cm³/mol. The number of hydrogen-bond acceptors (Lipinski definition) is 3. The van der Waals surface area contributed by atoms with Crippen LogP contribution in [0.15, 0.2) is 47.8 Å². The maximum absolute atomic E-state index is 12.6. The van der Waals surface area contributed by atoms with Gasteiger partial charge in [-0.3, -0.25) is 9.97 Å². The number of rotatable bonds is 3.